The van der Waals surface area contributed by atoms with E-state index in [2.05, 4.69) is 9.88 Å². The van der Waals surface area contributed by atoms with Crippen LogP contribution in [0, 0.1) is 5.82 Å². The molecule has 1 saturated carbocycles. The molecule has 112 valence electrons. The third kappa shape index (κ3) is 2.13. The third-order valence-electron chi connectivity index (χ3n) is 3.98. The van der Waals surface area contributed by atoms with Crippen LogP contribution >= 0.6 is 11.6 Å². The molecule has 0 N–H and O–H groups in total. The van der Waals surface area contributed by atoms with E-state index in [-0.39, 0.29) is 5.02 Å². The lowest BCUT2D eigenvalue weighted by atomic mass is 10.0. The average Bonchev–Trinajstić information content (AvgIpc) is 3.32. The van der Waals surface area contributed by atoms with Crippen molar-refractivity contribution < 1.29 is 13.9 Å². The Morgan fingerprint density at radius 3 is 2.91 bits per heavy atom. The second kappa shape index (κ2) is 4.95. The number of nitrogens with zero attached hydrogens (tertiary/aromatic N) is 2. The smallest absolute Gasteiger partial charge is 0.294 e. The Morgan fingerprint density at radius 1 is 1.36 bits per heavy atom. The molecule has 2 heterocycles. The first-order chi connectivity index (χ1) is 10.7. The van der Waals surface area contributed by atoms with E-state index in [0.717, 1.165) is 24.2 Å². The SMILES string of the molecule is O=COC1C=CN(C2CC2)c2nc3cc(Cl)c(F)cc3cc21. The molecule has 4 rings (SSSR count). The van der Waals surface area contributed by atoms with Crippen molar-refractivity contribution in [2.75, 3.05) is 4.90 Å². The third-order valence-corrected chi connectivity index (χ3v) is 4.27. The minimum absolute atomic E-state index is 0.0463. The monoisotopic (exact) mass is 318 g/mol. The Hall–Kier alpha value is -2.14. The van der Waals surface area contributed by atoms with Gasteiger partial charge in [-0.3, -0.25) is 4.79 Å². The first-order valence-electron chi connectivity index (χ1n) is 7.03. The number of pyridine rings is 1. The Labute approximate surface area is 131 Å². The molecule has 1 fully saturated rings. The van der Waals surface area contributed by atoms with E-state index in [1.165, 1.54) is 12.1 Å². The molecule has 2 aliphatic rings. The van der Waals surface area contributed by atoms with E-state index in [1.54, 1.807) is 0 Å². The number of fused-ring (bicyclic) bond motifs is 2. The van der Waals surface area contributed by atoms with E-state index >= 15 is 0 Å². The molecule has 1 unspecified atom stereocenters. The van der Waals surface area contributed by atoms with Gasteiger partial charge in [0.05, 0.1) is 10.5 Å². The van der Waals surface area contributed by atoms with Gasteiger partial charge in [-0.1, -0.05) is 11.6 Å². The van der Waals surface area contributed by atoms with Crippen molar-refractivity contribution in [3.63, 3.8) is 0 Å². The maximum Gasteiger partial charge on any atom is 0.294 e. The number of hydrogen-bond acceptors (Lipinski definition) is 4. The summed E-state index contributed by atoms with van der Waals surface area (Å²) in [5, 5.41) is 0.677. The summed E-state index contributed by atoms with van der Waals surface area (Å²) in [6.07, 6.45) is 5.42. The van der Waals surface area contributed by atoms with E-state index < -0.39 is 11.9 Å². The Balaban J connectivity index is 1.92. The standard InChI is InChI=1S/C16H12ClFN2O2/c17-12-7-14-9(6-13(12)18)5-11-15(22-8-21)3-4-20(10-1-2-10)16(11)19-14/h3-8,10,15H,1-2H2. The van der Waals surface area contributed by atoms with Crippen LogP contribution in [0.1, 0.15) is 24.5 Å². The Morgan fingerprint density at radius 2 is 2.18 bits per heavy atom. The summed E-state index contributed by atoms with van der Waals surface area (Å²) in [7, 11) is 0. The number of carbonyl (C=O) groups excluding carboxylic acids is 1. The zero-order valence-corrected chi connectivity index (χ0v) is 12.3. The molecule has 4 nitrogen and oxygen atoms in total. The lowest BCUT2D eigenvalue weighted by Crippen LogP contribution is -2.25. The molecule has 6 heteroatoms. The van der Waals surface area contributed by atoms with Gasteiger partial charge in [-0.15, -0.1) is 0 Å². The van der Waals surface area contributed by atoms with Gasteiger partial charge >= 0.3 is 0 Å². The van der Waals surface area contributed by atoms with E-state index in [9.17, 15) is 9.18 Å². The molecule has 0 spiro atoms. The molecule has 1 aromatic heterocycles. The highest BCUT2D eigenvalue weighted by Crippen LogP contribution is 2.41. The predicted octanol–water partition coefficient (Wildman–Crippen LogP) is 3.74. The van der Waals surface area contributed by atoms with E-state index in [1.807, 2.05) is 18.3 Å². The second-order valence-electron chi connectivity index (χ2n) is 5.49. The molecule has 0 saturated heterocycles. The van der Waals surface area contributed by atoms with Crippen LogP contribution in [0.25, 0.3) is 10.9 Å². The summed E-state index contributed by atoms with van der Waals surface area (Å²) in [5.74, 6) is 0.251. The van der Waals surface area contributed by atoms with Crippen LogP contribution in [-0.4, -0.2) is 17.5 Å². The summed E-state index contributed by atoms with van der Waals surface area (Å²) in [5.41, 5.74) is 1.38. The van der Waals surface area contributed by atoms with Crippen molar-refractivity contribution in [1.82, 2.24) is 4.98 Å². The number of anilines is 1. The minimum Gasteiger partial charge on any atom is -0.455 e. The summed E-state index contributed by atoms with van der Waals surface area (Å²) in [6.45, 7) is 0.415. The van der Waals surface area contributed by atoms with Gasteiger partial charge in [0.1, 0.15) is 11.6 Å². The van der Waals surface area contributed by atoms with Crippen LogP contribution in [0.15, 0.2) is 30.5 Å². The summed E-state index contributed by atoms with van der Waals surface area (Å²) in [6, 6.07) is 5.10. The highest BCUT2D eigenvalue weighted by molar-refractivity contribution is 6.31. The molecule has 1 aromatic carbocycles. The first-order valence-corrected chi connectivity index (χ1v) is 7.40. The highest BCUT2D eigenvalue weighted by Gasteiger charge is 2.34. The van der Waals surface area contributed by atoms with Gasteiger partial charge in [0.2, 0.25) is 0 Å². The largest absolute Gasteiger partial charge is 0.455 e. The molecule has 2 aromatic rings. The topological polar surface area (TPSA) is 42.4 Å². The van der Waals surface area contributed by atoms with Crippen LogP contribution in [0.5, 0.6) is 0 Å². The molecular weight excluding hydrogens is 307 g/mol. The molecule has 0 amide bonds. The van der Waals surface area contributed by atoms with E-state index in [4.69, 9.17) is 16.3 Å². The van der Waals surface area contributed by atoms with Crippen molar-refractivity contribution in [1.29, 1.82) is 0 Å². The first kappa shape index (κ1) is 13.5. The van der Waals surface area contributed by atoms with Crippen molar-refractivity contribution in [2.45, 2.75) is 25.0 Å². The van der Waals surface area contributed by atoms with Crippen molar-refractivity contribution in [3.8, 4) is 0 Å². The van der Waals surface area contributed by atoms with Crippen LogP contribution in [-0.2, 0) is 9.53 Å². The van der Waals surface area contributed by atoms with Crippen molar-refractivity contribution >= 4 is 34.8 Å². The Kier molecular flexibility index (Phi) is 3.04. The number of hydrogen-bond donors (Lipinski definition) is 0. The van der Waals surface area contributed by atoms with Crippen molar-refractivity contribution in [2.24, 2.45) is 0 Å². The quantitative estimate of drug-likeness (QED) is 0.809. The van der Waals surface area contributed by atoms with Gasteiger partial charge in [0.25, 0.3) is 6.47 Å². The summed E-state index contributed by atoms with van der Waals surface area (Å²) in [4.78, 5) is 17.4. The normalized spacial score (nSPS) is 20.1. The predicted molar refractivity (Wildman–Crippen MR) is 81.2 cm³/mol. The molecule has 0 bridgehead atoms. The van der Waals surface area contributed by atoms with Gasteiger partial charge in [-0.2, -0.15) is 0 Å². The highest BCUT2D eigenvalue weighted by atomic mass is 35.5. The maximum absolute atomic E-state index is 13.7. The fourth-order valence-corrected chi connectivity index (χ4v) is 2.92. The summed E-state index contributed by atoms with van der Waals surface area (Å²) < 4.78 is 18.8. The van der Waals surface area contributed by atoms with E-state index in [0.29, 0.717) is 23.4 Å². The Bertz CT molecular complexity index is 804. The van der Waals surface area contributed by atoms with Crippen molar-refractivity contribution in [3.05, 3.63) is 46.9 Å². The number of benzene rings is 1. The number of rotatable bonds is 3. The van der Waals surface area contributed by atoms with Gasteiger partial charge < -0.3 is 9.64 Å². The molecule has 1 atom stereocenters. The van der Waals surface area contributed by atoms with Gasteiger partial charge in [-0.05, 0) is 37.1 Å². The van der Waals surface area contributed by atoms with Crippen LogP contribution < -0.4 is 4.90 Å². The maximum atomic E-state index is 13.7. The molecule has 22 heavy (non-hydrogen) atoms. The van der Waals surface area contributed by atoms with Gasteiger partial charge in [0, 0.05) is 23.2 Å². The van der Waals surface area contributed by atoms with Gasteiger partial charge in [-0.25, -0.2) is 9.37 Å². The lowest BCUT2D eigenvalue weighted by Gasteiger charge is -2.29. The second-order valence-corrected chi connectivity index (χ2v) is 5.90. The lowest BCUT2D eigenvalue weighted by molar-refractivity contribution is -0.131. The number of halogens is 2. The molecule has 0 radical (unpaired) electrons. The fraction of sp³-hybridized carbons (Fsp3) is 0.250. The zero-order chi connectivity index (χ0) is 15.3. The average molecular weight is 319 g/mol. The van der Waals surface area contributed by atoms with Crippen LogP contribution in [0.4, 0.5) is 10.2 Å². The number of carbonyl (C=O) groups is 1. The fourth-order valence-electron chi connectivity index (χ4n) is 2.76. The van der Waals surface area contributed by atoms with Gasteiger partial charge in [0.15, 0.2) is 6.10 Å². The molecular formula is C16H12ClFN2O2. The number of ether oxygens (including phenoxy) is 1. The summed E-state index contributed by atoms with van der Waals surface area (Å²) >= 11 is 5.85. The molecule has 1 aliphatic heterocycles. The molecule has 1 aliphatic carbocycles. The van der Waals surface area contributed by atoms with Crippen LogP contribution in [0.3, 0.4) is 0 Å². The number of aromatic nitrogens is 1. The van der Waals surface area contributed by atoms with Crippen LogP contribution in [0.2, 0.25) is 5.02 Å². The minimum atomic E-state index is -0.502. The zero-order valence-electron chi connectivity index (χ0n) is 11.5.